The van der Waals surface area contributed by atoms with Crippen LogP contribution in [0.5, 0.6) is 0 Å². The molecule has 0 aliphatic carbocycles. The summed E-state index contributed by atoms with van der Waals surface area (Å²) in [5.74, 6) is 0. The van der Waals surface area contributed by atoms with Crippen LogP contribution < -0.4 is 5.32 Å². The number of hydrogen-bond donors (Lipinski definition) is 1. The highest BCUT2D eigenvalue weighted by Gasteiger charge is 2.13. The maximum atomic E-state index is 3.73. The van der Waals surface area contributed by atoms with Gasteiger partial charge in [-0.05, 0) is 85.7 Å². The Morgan fingerprint density at radius 1 is 1.10 bits per heavy atom. The maximum Gasteiger partial charge on any atom is 0.0148 e. The number of aryl methyl sites for hydroxylation is 3. The molecule has 2 rings (SSSR count). The first kappa shape index (κ1) is 16.3. The van der Waals surface area contributed by atoms with Crippen molar-refractivity contribution in [1.82, 2.24) is 5.32 Å². The minimum absolute atomic E-state index is 0.527. The lowest BCUT2D eigenvalue weighted by molar-refractivity contribution is 0.503. The van der Waals surface area contributed by atoms with Gasteiger partial charge in [0.15, 0.2) is 0 Å². The summed E-state index contributed by atoms with van der Waals surface area (Å²) >= 11 is 1.79. The van der Waals surface area contributed by atoms with Gasteiger partial charge in [0, 0.05) is 6.04 Å². The van der Waals surface area contributed by atoms with Gasteiger partial charge < -0.3 is 5.32 Å². The van der Waals surface area contributed by atoms with Crippen molar-refractivity contribution in [1.29, 1.82) is 0 Å². The fraction of sp³-hybridized carbons (Fsp3) is 0.474. The van der Waals surface area contributed by atoms with Crippen LogP contribution in [0.25, 0.3) is 0 Å². The van der Waals surface area contributed by atoms with Gasteiger partial charge in [-0.3, -0.25) is 0 Å². The molecule has 114 valence electrons. The highest BCUT2D eigenvalue weighted by atomic mass is 32.1. The minimum Gasteiger partial charge on any atom is -0.313 e. The van der Waals surface area contributed by atoms with Crippen LogP contribution in [0.2, 0.25) is 0 Å². The SMILES string of the molecule is CCCNC(Cc1ccsc1)Cc1c(C)cc(C)cc1C. The highest BCUT2D eigenvalue weighted by molar-refractivity contribution is 7.07. The summed E-state index contributed by atoms with van der Waals surface area (Å²) in [4.78, 5) is 0. The summed E-state index contributed by atoms with van der Waals surface area (Å²) in [5.41, 5.74) is 7.20. The predicted molar refractivity (Wildman–Crippen MR) is 94.5 cm³/mol. The molecule has 1 nitrogen and oxygen atoms in total. The van der Waals surface area contributed by atoms with E-state index in [0.29, 0.717) is 6.04 Å². The number of rotatable bonds is 7. The van der Waals surface area contributed by atoms with Crippen LogP contribution in [0.1, 0.15) is 41.2 Å². The average molecular weight is 301 g/mol. The summed E-state index contributed by atoms with van der Waals surface area (Å²) < 4.78 is 0. The molecule has 0 aliphatic heterocycles. The summed E-state index contributed by atoms with van der Waals surface area (Å²) in [6, 6.07) is 7.40. The molecular formula is C19H27NS. The van der Waals surface area contributed by atoms with E-state index in [1.807, 2.05) is 0 Å². The molecule has 1 unspecified atom stereocenters. The van der Waals surface area contributed by atoms with Crippen LogP contribution >= 0.6 is 11.3 Å². The Morgan fingerprint density at radius 2 is 1.81 bits per heavy atom. The second kappa shape index (κ2) is 7.77. The van der Waals surface area contributed by atoms with Gasteiger partial charge in [-0.2, -0.15) is 11.3 Å². The fourth-order valence-electron chi connectivity index (χ4n) is 3.04. The first-order valence-electron chi connectivity index (χ1n) is 7.91. The summed E-state index contributed by atoms with van der Waals surface area (Å²) in [5, 5.41) is 8.18. The zero-order valence-electron chi connectivity index (χ0n) is 13.7. The Labute approximate surface area is 133 Å². The number of thiophene rings is 1. The number of hydrogen-bond acceptors (Lipinski definition) is 2. The second-order valence-electron chi connectivity index (χ2n) is 6.07. The topological polar surface area (TPSA) is 12.0 Å². The minimum atomic E-state index is 0.527. The van der Waals surface area contributed by atoms with Gasteiger partial charge >= 0.3 is 0 Å². The monoisotopic (exact) mass is 301 g/mol. The molecule has 0 saturated carbocycles. The maximum absolute atomic E-state index is 3.73. The molecule has 0 radical (unpaired) electrons. The largest absolute Gasteiger partial charge is 0.313 e. The van der Waals surface area contributed by atoms with Crippen molar-refractivity contribution in [3.63, 3.8) is 0 Å². The van der Waals surface area contributed by atoms with Gasteiger partial charge in [0.25, 0.3) is 0 Å². The fourth-order valence-corrected chi connectivity index (χ4v) is 3.72. The van der Waals surface area contributed by atoms with E-state index in [0.717, 1.165) is 19.4 Å². The van der Waals surface area contributed by atoms with Crippen LogP contribution in [-0.2, 0) is 12.8 Å². The average Bonchev–Trinajstić information content (AvgIpc) is 2.92. The van der Waals surface area contributed by atoms with E-state index in [4.69, 9.17) is 0 Å². The molecule has 1 atom stereocenters. The van der Waals surface area contributed by atoms with Gasteiger partial charge in [-0.1, -0.05) is 24.6 Å². The van der Waals surface area contributed by atoms with Crippen LogP contribution in [0.4, 0.5) is 0 Å². The molecule has 21 heavy (non-hydrogen) atoms. The standard InChI is InChI=1S/C19H27NS/c1-5-7-20-18(11-17-6-8-21-13-17)12-19-15(3)9-14(2)10-16(19)4/h6,8-10,13,18,20H,5,7,11-12H2,1-4H3. The summed E-state index contributed by atoms with van der Waals surface area (Å²) in [6.07, 6.45) is 3.43. The van der Waals surface area contributed by atoms with Gasteiger partial charge in [-0.15, -0.1) is 0 Å². The Kier molecular flexibility index (Phi) is 6.01. The zero-order valence-corrected chi connectivity index (χ0v) is 14.5. The predicted octanol–water partition coefficient (Wildman–Crippen LogP) is 4.83. The smallest absolute Gasteiger partial charge is 0.0148 e. The molecule has 0 saturated heterocycles. The Balaban J connectivity index is 2.14. The van der Waals surface area contributed by atoms with Crippen molar-refractivity contribution in [2.75, 3.05) is 6.54 Å². The van der Waals surface area contributed by atoms with E-state index in [-0.39, 0.29) is 0 Å². The van der Waals surface area contributed by atoms with Crippen molar-refractivity contribution < 1.29 is 0 Å². The molecule has 2 heteroatoms. The molecule has 0 spiro atoms. The molecule has 2 aromatic rings. The van der Waals surface area contributed by atoms with Gasteiger partial charge in [0.2, 0.25) is 0 Å². The van der Waals surface area contributed by atoms with Crippen molar-refractivity contribution in [3.05, 3.63) is 56.8 Å². The van der Waals surface area contributed by atoms with Crippen molar-refractivity contribution in [2.24, 2.45) is 0 Å². The Hall–Kier alpha value is -1.12. The van der Waals surface area contributed by atoms with Crippen LogP contribution in [0.15, 0.2) is 29.0 Å². The quantitative estimate of drug-likeness (QED) is 0.772. The molecule has 0 amide bonds. The normalized spacial score (nSPS) is 12.6. The van der Waals surface area contributed by atoms with E-state index in [1.165, 1.54) is 34.2 Å². The van der Waals surface area contributed by atoms with E-state index in [9.17, 15) is 0 Å². The molecule has 1 aromatic heterocycles. The Morgan fingerprint density at radius 3 is 2.38 bits per heavy atom. The number of nitrogens with one attached hydrogen (secondary N) is 1. The highest BCUT2D eigenvalue weighted by Crippen LogP contribution is 2.20. The van der Waals surface area contributed by atoms with Crippen molar-refractivity contribution in [3.8, 4) is 0 Å². The first-order chi connectivity index (χ1) is 10.1. The summed E-state index contributed by atoms with van der Waals surface area (Å²) in [6.45, 7) is 10.0. The lowest BCUT2D eigenvalue weighted by Gasteiger charge is -2.21. The molecular weight excluding hydrogens is 274 g/mol. The number of benzene rings is 1. The van der Waals surface area contributed by atoms with E-state index < -0.39 is 0 Å². The lowest BCUT2D eigenvalue weighted by Crippen LogP contribution is -2.34. The van der Waals surface area contributed by atoms with Crippen LogP contribution in [0, 0.1) is 20.8 Å². The third kappa shape index (κ3) is 4.69. The molecule has 0 bridgehead atoms. The lowest BCUT2D eigenvalue weighted by atomic mass is 9.92. The molecule has 1 aromatic carbocycles. The van der Waals surface area contributed by atoms with Crippen molar-refractivity contribution in [2.45, 2.75) is 53.0 Å². The molecule has 1 heterocycles. The molecule has 1 N–H and O–H groups in total. The first-order valence-corrected chi connectivity index (χ1v) is 8.85. The third-order valence-electron chi connectivity index (χ3n) is 4.04. The van der Waals surface area contributed by atoms with E-state index >= 15 is 0 Å². The van der Waals surface area contributed by atoms with Crippen LogP contribution in [-0.4, -0.2) is 12.6 Å². The third-order valence-corrected chi connectivity index (χ3v) is 4.77. The molecule has 0 fully saturated rings. The summed E-state index contributed by atoms with van der Waals surface area (Å²) in [7, 11) is 0. The van der Waals surface area contributed by atoms with Gasteiger partial charge in [0.1, 0.15) is 0 Å². The van der Waals surface area contributed by atoms with Gasteiger partial charge in [0.05, 0.1) is 0 Å². The van der Waals surface area contributed by atoms with Crippen molar-refractivity contribution >= 4 is 11.3 Å². The zero-order chi connectivity index (χ0) is 15.2. The second-order valence-corrected chi connectivity index (χ2v) is 6.85. The van der Waals surface area contributed by atoms with E-state index in [2.05, 4.69) is 62.0 Å². The molecule has 0 aliphatic rings. The van der Waals surface area contributed by atoms with Gasteiger partial charge in [-0.25, -0.2) is 0 Å². The van der Waals surface area contributed by atoms with E-state index in [1.54, 1.807) is 11.3 Å². The van der Waals surface area contributed by atoms with Crippen LogP contribution in [0.3, 0.4) is 0 Å². The Bertz CT molecular complexity index is 534.